The summed E-state index contributed by atoms with van der Waals surface area (Å²) in [7, 11) is -7.76. The van der Waals surface area contributed by atoms with E-state index in [-0.39, 0.29) is 22.2 Å². The number of benzene rings is 2. The maximum absolute atomic E-state index is 12.8. The summed E-state index contributed by atoms with van der Waals surface area (Å²) in [5.74, 6) is -0.152. The molecule has 0 aliphatic carbocycles. The van der Waals surface area contributed by atoms with Gasteiger partial charge in [0.2, 0.25) is 10.0 Å². The zero-order valence-corrected chi connectivity index (χ0v) is 17.0. The van der Waals surface area contributed by atoms with E-state index in [4.69, 9.17) is 0 Å². The van der Waals surface area contributed by atoms with Crippen molar-refractivity contribution >= 4 is 25.8 Å². The molecular weight excluding hydrogens is 400 g/mol. The van der Waals surface area contributed by atoms with E-state index in [0.29, 0.717) is 24.9 Å². The Hall–Kier alpha value is -2.23. The van der Waals surface area contributed by atoms with Crippen molar-refractivity contribution in [2.45, 2.75) is 28.7 Å². The number of rotatable bonds is 5. The number of amides is 1. The van der Waals surface area contributed by atoms with Gasteiger partial charge in [-0.15, -0.1) is 0 Å². The van der Waals surface area contributed by atoms with E-state index in [1.54, 1.807) is 29.2 Å². The van der Waals surface area contributed by atoms with E-state index < -0.39 is 25.9 Å². The van der Waals surface area contributed by atoms with Crippen LogP contribution in [0.15, 0.2) is 64.4 Å². The fourth-order valence-electron chi connectivity index (χ4n) is 3.28. The van der Waals surface area contributed by atoms with Crippen LogP contribution in [0, 0.1) is 0 Å². The number of carbonyl (C=O) groups excluding carboxylic acids is 1. The van der Waals surface area contributed by atoms with Gasteiger partial charge in [-0.3, -0.25) is 4.79 Å². The number of nitrogens with zero attached hydrogens (tertiary/aromatic N) is 1. The van der Waals surface area contributed by atoms with E-state index in [9.17, 15) is 21.6 Å². The summed E-state index contributed by atoms with van der Waals surface area (Å²) in [4.78, 5) is 13.7. The highest BCUT2D eigenvalue weighted by atomic mass is 32.2. The topological polar surface area (TPSA) is 101 Å². The maximum atomic E-state index is 12.8. The summed E-state index contributed by atoms with van der Waals surface area (Å²) >= 11 is 0. The van der Waals surface area contributed by atoms with Crippen molar-refractivity contribution in [3.05, 3.63) is 60.2 Å². The third-order valence-corrected chi connectivity index (χ3v) is 7.45. The lowest BCUT2D eigenvalue weighted by atomic mass is 10.1. The van der Waals surface area contributed by atoms with Gasteiger partial charge in [0.15, 0.2) is 9.84 Å². The van der Waals surface area contributed by atoms with Crippen LogP contribution < -0.4 is 4.72 Å². The molecule has 150 valence electrons. The summed E-state index contributed by atoms with van der Waals surface area (Å²) in [6.45, 7) is 0.778. The van der Waals surface area contributed by atoms with Gasteiger partial charge in [0.25, 0.3) is 5.91 Å². The standard InChI is InChI=1S/C19H22N2O5S2/c1-27(23,24)17-11-5-6-12-18(17)28(25,26)20-16-10-7-13-21(14-16)19(22)15-8-3-2-4-9-15/h2-6,8-9,11-12,16,20H,7,10,13-14H2,1H3. The number of hydrogen-bond donors (Lipinski definition) is 1. The molecule has 0 saturated carbocycles. The van der Waals surface area contributed by atoms with Gasteiger partial charge >= 0.3 is 0 Å². The maximum Gasteiger partial charge on any atom is 0.253 e. The lowest BCUT2D eigenvalue weighted by Crippen LogP contribution is -2.49. The van der Waals surface area contributed by atoms with Crippen LogP contribution in [0.2, 0.25) is 0 Å². The SMILES string of the molecule is CS(=O)(=O)c1ccccc1S(=O)(=O)NC1CCCN(C(=O)c2ccccc2)C1. The minimum atomic E-state index is -4.05. The molecule has 1 atom stereocenters. The van der Waals surface area contributed by atoms with Gasteiger partial charge in [-0.1, -0.05) is 30.3 Å². The molecule has 0 aromatic heterocycles. The molecule has 1 unspecified atom stereocenters. The highest BCUT2D eigenvalue weighted by molar-refractivity contribution is 7.93. The van der Waals surface area contributed by atoms with Gasteiger partial charge < -0.3 is 4.90 Å². The molecule has 1 aliphatic heterocycles. The molecule has 0 radical (unpaired) electrons. The van der Waals surface area contributed by atoms with Crippen molar-refractivity contribution in [3.63, 3.8) is 0 Å². The largest absolute Gasteiger partial charge is 0.337 e. The van der Waals surface area contributed by atoms with Crippen LogP contribution in [0.25, 0.3) is 0 Å². The molecule has 1 N–H and O–H groups in total. The fourth-order valence-corrected chi connectivity index (χ4v) is 6.17. The Balaban J connectivity index is 1.79. The van der Waals surface area contributed by atoms with Gasteiger partial charge in [0, 0.05) is 31.0 Å². The van der Waals surface area contributed by atoms with E-state index in [1.807, 2.05) is 6.07 Å². The second-order valence-corrected chi connectivity index (χ2v) is 10.5. The van der Waals surface area contributed by atoms with Crippen molar-refractivity contribution in [2.75, 3.05) is 19.3 Å². The Morgan fingerprint density at radius 1 is 0.964 bits per heavy atom. The van der Waals surface area contributed by atoms with E-state index in [2.05, 4.69) is 4.72 Å². The Kier molecular flexibility index (Phi) is 5.87. The van der Waals surface area contributed by atoms with Gasteiger partial charge in [0.05, 0.1) is 4.90 Å². The number of sulfonamides is 1. The van der Waals surface area contributed by atoms with Crippen LogP contribution in [-0.4, -0.2) is 53.0 Å². The van der Waals surface area contributed by atoms with E-state index in [0.717, 1.165) is 6.26 Å². The van der Waals surface area contributed by atoms with E-state index >= 15 is 0 Å². The van der Waals surface area contributed by atoms with Crippen LogP contribution in [0.5, 0.6) is 0 Å². The summed E-state index contributed by atoms with van der Waals surface area (Å²) in [5.41, 5.74) is 0.549. The van der Waals surface area contributed by atoms with Crippen molar-refractivity contribution in [3.8, 4) is 0 Å². The second-order valence-electron chi connectivity index (χ2n) is 6.80. The molecule has 2 aromatic rings. The Labute approximate surface area is 165 Å². The molecule has 0 bridgehead atoms. The van der Waals surface area contributed by atoms with Crippen molar-refractivity contribution in [1.82, 2.24) is 9.62 Å². The summed E-state index contributed by atoms with van der Waals surface area (Å²) in [6.07, 6.45) is 2.19. The predicted molar refractivity (Wildman–Crippen MR) is 105 cm³/mol. The van der Waals surface area contributed by atoms with Gasteiger partial charge in [-0.2, -0.15) is 0 Å². The summed E-state index contributed by atoms with van der Waals surface area (Å²) in [5, 5.41) is 0. The number of carbonyl (C=O) groups is 1. The van der Waals surface area contributed by atoms with Crippen LogP contribution in [0.3, 0.4) is 0 Å². The van der Waals surface area contributed by atoms with Gasteiger partial charge in [-0.05, 0) is 37.1 Å². The predicted octanol–water partition coefficient (Wildman–Crippen LogP) is 1.67. The number of sulfone groups is 1. The average Bonchev–Trinajstić information content (AvgIpc) is 2.67. The molecule has 3 rings (SSSR count). The number of nitrogens with one attached hydrogen (secondary N) is 1. The molecule has 1 fully saturated rings. The molecular formula is C19H22N2O5S2. The van der Waals surface area contributed by atoms with Gasteiger partial charge in [-0.25, -0.2) is 21.6 Å². The average molecular weight is 423 g/mol. The van der Waals surface area contributed by atoms with Crippen molar-refractivity contribution < 1.29 is 21.6 Å². The second kappa shape index (κ2) is 8.02. The zero-order valence-electron chi connectivity index (χ0n) is 15.4. The third-order valence-electron chi connectivity index (χ3n) is 4.59. The first-order valence-electron chi connectivity index (χ1n) is 8.84. The highest BCUT2D eigenvalue weighted by Crippen LogP contribution is 2.22. The first-order chi connectivity index (χ1) is 13.2. The molecule has 1 amide bonds. The lowest BCUT2D eigenvalue weighted by Gasteiger charge is -2.33. The Morgan fingerprint density at radius 3 is 2.21 bits per heavy atom. The molecule has 1 aliphatic rings. The first-order valence-corrected chi connectivity index (χ1v) is 12.2. The Morgan fingerprint density at radius 2 is 1.57 bits per heavy atom. The summed E-state index contributed by atoms with van der Waals surface area (Å²) in [6, 6.07) is 13.8. The molecule has 1 heterocycles. The first kappa shape index (κ1) is 20.5. The van der Waals surface area contributed by atoms with Crippen molar-refractivity contribution in [2.24, 2.45) is 0 Å². The smallest absolute Gasteiger partial charge is 0.253 e. The number of hydrogen-bond acceptors (Lipinski definition) is 5. The molecule has 2 aromatic carbocycles. The number of piperidine rings is 1. The molecule has 9 heteroatoms. The summed E-state index contributed by atoms with van der Waals surface area (Å²) < 4.78 is 52.1. The molecule has 0 spiro atoms. The monoisotopic (exact) mass is 422 g/mol. The number of likely N-dealkylation sites (tertiary alicyclic amines) is 1. The Bertz CT molecular complexity index is 1070. The normalized spacial score (nSPS) is 18.0. The van der Waals surface area contributed by atoms with E-state index in [1.165, 1.54) is 24.3 Å². The van der Waals surface area contributed by atoms with Crippen LogP contribution in [0.1, 0.15) is 23.2 Å². The minimum Gasteiger partial charge on any atom is -0.337 e. The third kappa shape index (κ3) is 4.60. The quantitative estimate of drug-likeness (QED) is 0.790. The molecule has 7 nitrogen and oxygen atoms in total. The lowest BCUT2D eigenvalue weighted by molar-refractivity contribution is 0.0703. The highest BCUT2D eigenvalue weighted by Gasteiger charge is 2.30. The molecule has 28 heavy (non-hydrogen) atoms. The zero-order chi connectivity index (χ0) is 20.4. The molecule has 1 saturated heterocycles. The van der Waals surface area contributed by atoms with Crippen LogP contribution >= 0.6 is 0 Å². The van der Waals surface area contributed by atoms with Gasteiger partial charge in [0.1, 0.15) is 4.90 Å². The van der Waals surface area contributed by atoms with Crippen LogP contribution in [0.4, 0.5) is 0 Å². The van der Waals surface area contributed by atoms with Crippen LogP contribution in [-0.2, 0) is 19.9 Å². The fraction of sp³-hybridized carbons (Fsp3) is 0.316. The minimum absolute atomic E-state index is 0.152. The van der Waals surface area contributed by atoms with Crippen molar-refractivity contribution in [1.29, 1.82) is 0 Å².